The summed E-state index contributed by atoms with van der Waals surface area (Å²) in [6.45, 7) is 1.96. The molecule has 2 aromatic rings. The molecule has 19 heavy (non-hydrogen) atoms. The molecule has 0 bridgehead atoms. The van der Waals surface area contributed by atoms with Crippen molar-refractivity contribution in [1.29, 1.82) is 0 Å². The summed E-state index contributed by atoms with van der Waals surface area (Å²) in [6, 6.07) is 9.28. The fraction of sp³-hybridized carbons (Fsp3) is 0.214. The maximum atomic E-state index is 6.18. The average Bonchev–Trinajstić information content (AvgIpc) is 2.41. The molecule has 0 fully saturated rings. The number of aryl methyl sites for hydroxylation is 1. The summed E-state index contributed by atoms with van der Waals surface area (Å²) in [5.74, 6) is 5.66. The standard InChI is InChI=1S/C14H15Cl2N3/c1-9-12(3-2-6-18-9)14(19-17)8-10-7-11(15)4-5-13(10)16/h2-7,14,19H,8,17H2,1H3. The highest BCUT2D eigenvalue weighted by Crippen LogP contribution is 2.26. The number of halogens is 2. The van der Waals surface area contributed by atoms with Crippen molar-refractivity contribution in [3.8, 4) is 0 Å². The average molecular weight is 296 g/mol. The van der Waals surface area contributed by atoms with Crippen molar-refractivity contribution in [3.05, 3.63) is 63.4 Å². The van der Waals surface area contributed by atoms with E-state index in [-0.39, 0.29) is 6.04 Å². The quantitative estimate of drug-likeness (QED) is 0.671. The Balaban J connectivity index is 2.29. The van der Waals surface area contributed by atoms with Crippen LogP contribution in [0.15, 0.2) is 36.5 Å². The van der Waals surface area contributed by atoms with Crippen LogP contribution in [0.2, 0.25) is 10.0 Å². The molecule has 0 aliphatic heterocycles. The van der Waals surface area contributed by atoms with Gasteiger partial charge in [-0.2, -0.15) is 0 Å². The van der Waals surface area contributed by atoms with Crippen molar-refractivity contribution in [2.45, 2.75) is 19.4 Å². The van der Waals surface area contributed by atoms with Gasteiger partial charge in [0.25, 0.3) is 0 Å². The number of nitrogens with two attached hydrogens (primary N) is 1. The van der Waals surface area contributed by atoms with E-state index in [1.54, 1.807) is 18.3 Å². The van der Waals surface area contributed by atoms with E-state index in [1.165, 1.54) is 0 Å². The van der Waals surface area contributed by atoms with Gasteiger partial charge in [0.1, 0.15) is 0 Å². The molecule has 0 aliphatic carbocycles. The van der Waals surface area contributed by atoms with Crippen LogP contribution < -0.4 is 11.3 Å². The number of hydrazine groups is 1. The number of benzene rings is 1. The normalized spacial score (nSPS) is 12.4. The summed E-state index contributed by atoms with van der Waals surface area (Å²) >= 11 is 12.2. The first-order valence-corrected chi connectivity index (χ1v) is 6.69. The molecule has 5 heteroatoms. The van der Waals surface area contributed by atoms with Gasteiger partial charge in [-0.05, 0) is 48.7 Å². The maximum Gasteiger partial charge on any atom is 0.0518 e. The lowest BCUT2D eigenvalue weighted by atomic mass is 9.98. The first-order chi connectivity index (χ1) is 9.11. The summed E-state index contributed by atoms with van der Waals surface area (Å²) in [5, 5.41) is 1.35. The number of aromatic nitrogens is 1. The molecule has 3 nitrogen and oxygen atoms in total. The highest BCUT2D eigenvalue weighted by atomic mass is 35.5. The largest absolute Gasteiger partial charge is 0.271 e. The lowest BCUT2D eigenvalue weighted by molar-refractivity contribution is 0.547. The molecule has 1 aromatic carbocycles. The summed E-state index contributed by atoms with van der Waals surface area (Å²) in [5.41, 5.74) is 5.78. The predicted octanol–water partition coefficient (Wildman–Crippen LogP) is 3.44. The first-order valence-electron chi connectivity index (χ1n) is 5.93. The van der Waals surface area contributed by atoms with Gasteiger partial charge in [0.05, 0.1) is 6.04 Å². The minimum Gasteiger partial charge on any atom is -0.271 e. The van der Waals surface area contributed by atoms with Crippen molar-refractivity contribution >= 4 is 23.2 Å². The van der Waals surface area contributed by atoms with E-state index in [4.69, 9.17) is 29.0 Å². The summed E-state index contributed by atoms with van der Waals surface area (Å²) in [6.07, 6.45) is 2.42. The highest BCUT2D eigenvalue weighted by Gasteiger charge is 2.15. The zero-order chi connectivity index (χ0) is 13.8. The highest BCUT2D eigenvalue weighted by molar-refractivity contribution is 6.33. The minimum absolute atomic E-state index is 0.0512. The van der Waals surface area contributed by atoms with Gasteiger partial charge in [0, 0.05) is 21.9 Å². The third-order valence-electron chi connectivity index (χ3n) is 3.06. The molecule has 1 heterocycles. The number of pyridine rings is 1. The van der Waals surface area contributed by atoms with Crippen LogP contribution in [0.3, 0.4) is 0 Å². The van der Waals surface area contributed by atoms with Crippen molar-refractivity contribution in [2.24, 2.45) is 5.84 Å². The van der Waals surface area contributed by atoms with Crippen LogP contribution in [0.5, 0.6) is 0 Å². The van der Waals surface area contributed by atoms with E-state index >= 15 is 0 Å². The molecule has 0 saturated heterocycles. The molecule has 0 aliphatic rings. The minimum atomic E-state index is -0.0512. The second kappa shape index (κ2) is 6.35. The maximum absolute atomic E-state index is 6.18. The van der Waals surface area contributed by atoms with Gasteiger partial charge < -0.3 is 0 Å². The molecule has 100 valence electrons. The van der Waals surface area contributed by atoms with Crippen molar-refractivity contribution in [3.63, 3.8) is 0 Å². The van der Waals surface area contributed by atoms with Gasteiger partial charge in [0.2, 0.25) is 0 Å². The topological polar surface area (TPSA) is 50.9 Å². The summed E-state index contributed by atoms with van der Waals surface area (Å²) < 4.78 is 0. The second-order valence-electron chi connectivity index (χ2n) is 4.34. The number of nitrogens with zero attached hydrogens (tertiary/aromatic N) is 1. The van der Waals surface area contributed by atoms with E-state index in [0.717, 1.165) is 16.8 Å². The Morgan fingerprint density at radius 3 is 2.79 bits per heavy atom. The van der Waals surface area contributed by atoms with E-state index in [0.29, 0.717) is 16.5 Å². The van der Waals surface area contributed by atoms with Gasteiger partial charge in [-0.25, -0.2) is 0 Å². The Morgan fingerprint density at radius 1 is 1.32 bits per heavy atom. The van der Waals surface area contributed by atoms with E-state index in [1.807, 2.05) is 25.1 Å². The van der Waals surface area contributed by atoms with Crippen LogP contribution in [0, 0.1) is 6.92 Å². The van der Waals surface area contributed by atoms with Crippen molar-refractivity contribution < 1.29 is 0 Å². The third-order valence-corrected chi connectivity index (χ3v) is 3.66. The Morgan fingerprint density at radius 2 is 2.11 bits per heavy atom. The van der Waals surface area contributed by atoms with Crippen molar-refractivity contribution in [2.75, 3.05) is 0 Å². The summed E-state index contributed by atoms with van der Waals surface area (Å²) in [7, 11) is 0. The molecule has 0 saturated carbocycles. The number of rotatable bonds is 4. The SMILES string of the molecule is Cc1ncccc1C(Cc1cc(Cl)ccc1Cl)NN. The fourth-order valence-electron chi connectivity index (χ4n) is 2.04. The zero-order valence-electron chi connectivity index (χ0n) is 10.5. The zero-order valence-corrected chi connectivity index (χ0v) is 12.0. The molecular weight excluding hydrogens is 281 g/mol. The fourth-order valence-corrected chi connectivity index (χ4v) is 2.43. The van der Waals surface area contributed by atoms with Crippen LogP contribution in [-0.4, -0.2) is 4.98 Å². The van der Waals surface area contributed by atoms with Crippen LogP contribution >= 0.6 is 23.2 Å². The van der Waals surface area contributed by atoms with E-state index < -0.39 is 0 Å². The Kier molecular flexibility index (Phi) is 4.77. The van der Waals surface area contributed by atoms with Crippen LogP contribution in [0.4, 0.5) is 0 Å². The molecule has 1 atom stereocenters. The molecule has 3 N–H and O–H groups in total. The molecule has 0 radical (unpaired) electrons. The molecule has 0 amide bonds. The van der Waals surface area contributed by atoms with Gasteiger partial charge in [0.15, 0.2) is 0 Å². The Bertz CT molecular complexity index is 572. The molecule has 1 unspecified atom stereocenters. The van der Waals surface area contributed by atoms with Gasteiger partial charge in [-0.15, -0.1) is 0 Å². The van der Waals surface area contributed by atoms with Gasteiger partial charge >= 0.3 is 0 Å². The van der Waals surface area contributed by atoms with Crippen LogP contribution in [0.25, 0.3) is 0 Å². The predicted molar refractivity (Wildman–Crippen MR) is 79.2 cm³/mol. The Hall–Kier alpha value is -1.13. The Labute approximate surface area is 122 Å². The number of nitrogens with one attached hydrogen (secondary N) is 1. The monoisotopic (exact) mass is 295 g/mol. The van der Waals surface area contributed by atoms with E-state index in [9.17, 15) is 0 Å². The van der Waals surface area contributed by atoms with Crippen molar-refractivity contribution in [1.82, 2.24) is 10.4 Å². The first kappa shape index (κ1) is 14.3. The smallest absolute Gasteiger partial charge is 0.0518 e. The van der Waals surface area contributed by atoms with Crippen LogP contribution in [0.1, 0.15) is 22.9 Å². The summed E-state index contributed by atoms with van der Waals surface area (Å²) in [4.78, 5) is 4.27. The number of hydrogen-bond acceptors (Lipinski definition) is 3. The molecule has 1 aromatic heterocycles. The number of hydrogen-bond donors (Lipinski definition) is 2. The lowest BCUT2D eigenvalue weighted by Gasteiger charge is -2.18. The molecule has 2 rings (SSSR count). The van der Waals surface area contributed by atoms with Gasteiger partial charge in [-0.1, -0.05) is 29.3 Å². The van der Waals surface area contributed by atoms with Gasteiger partial charge in [-0.3, -0.25) is 16.3 Å². The van der Waals surface area contributed by atoms with Crippen LogP contribution in [-0.2, 0) is 6.42 Å². The molecular formula is C14H15Cl2N3. The third kappa shape index (κ3) is 3.45. The lowest BCUT2D eigenvalue weighted by Crippen LogP contribution is -2.30. The second-order valence-corrected chi connectivity index (χ2v) is 5.18. The van der Waals surface area contributed by atoms with E-state index in [2.05, 4.69) is 10.4 Å². The molecule has 0 spiro atoms.